The molecule has 360 valence electrons. The van der Waals surface area contributed by atoms with Crippen LogP contribution in [-0.4, -0.2) is 120 Å². The largest absolute Gasteiger partial charge is 0.381 e. The smallest absolute Gasteiger partial charge is 0.245 e. The molecule has 1 fully saturated rings. The van der Waals surface area contributed by atoms with Crippen molar-refractivity contribution in [2.45, 2.75) is 71.6 Å². The van der Waals surface area contributed by atoms with Crippen LogP contribution in [-0.2, 0) is 60.3 Å². The van der Waals surface area contributed by atoms with Crippen LogP contribution in [0.5, 0.6) is 0 Å². The number of carbonyl (C=O) groups excluding carboxylic acids is 2. The fourth-order valence-corrected chi connectivity index (χ4v) is 10.6. The van der Waals surface area contributed by atoms with Gasteiger partial charge in [0.1, 0.15) is 35.1 Å². The molecular weight excluding hydrogens is 873 g/mol. The van der Waals surface area contributed by atoms with E-state index >= 15 is 0 Å². The Morgan fingerprint density at radius 2 is 1.14 bits per heavy atom. The molecule has 2 aromatic carbocycles. The predicted octanol–water partition coefficient (Wildman–Crippen LogP) is 7.32. The molecule has 18 nitrogen and oxygen atoms in total. The van der Waals surface area contributed by atoms with Crippen LogP contribution in [0.25, 0.3) is 72.4 Å². The third-order valence-corrected chi connectivity index (χ3v) is 14.1. The summed E-state index contributed by atoms with van der Waals surface area (Å²) in [5.41, 5.74) is 13.1. The van der Waals surface area contributed by atoms with Crippen molar-refractivity contribution in [3.63, 3.8) is 0 Å². The van der Waals surface area contributed by atoms with Gasteiger partial charge >= 0.3 is 0 Å². The van der Waals surface area contributed by atoms with Gasteiger partial charge in [0.25, 0.3) is 0 Å². The van der Waals surface area contributed by atoms with Crippen LogP contribution in [0.15, 0.2) is 67.3 Å². The van der Waals surface area contributed by atoms with E-state index in [-0.39, 0.29) is 32.8 Å². The third-order valence-electron chi connectivity index (χ3n) is 14.1. The first-order valence-electron chi connectivity index (χ1n) is 23.3. The molecule has 2 atom stereocenters. The lowest BCUT2D eigenvalue weighted by atomic mass is 9.98. The number of amides is 2. The Balaban J connectivity index is 0.000000169. The van der Waals surface area contributed by atoms with Gasteiger partial charge < -0.3 is 28.4 Å². The number of imidazole rings is 2. The number of likely N-dealkylation sites (N-methyl/N-ethyl adjacent to an activating group) is 2. The van der Waals surface area contributed by atoms with Crippen molar-refractivity contribution in [1.82, 2.24) is 68.0 Å². The molecule has 69 heavy (non-hydrogen) atoms. The van der Waals surface area contributed by atoms with Crippen LogP contribution >= 0.6 is 0 Å². The summed E-state index contributed by atoms with van der Waals surface area (Å²) < 4.78 is 22.8. The third kappa shape index (κ3) is 7.75. The quantitative estimate of drug-likeness (QED) is 0.165. The summed E-state index contributed by atoms with van der Waals surface area (Å²) >= 11 is 0. The highest BCUT2D eigenvalue weighted by atomic mass is 16.5. The number of benzene rings is 2. The average molecular weight is 935 g/mol. The minimum atomic E-state index is -0.304. The summed E-state index contributed by atoms with van der Waals surface area (Å²) in [7, 11) is 11.5. The highest BCUT2D eigenvalue weighted by Crippen LogP contribution is 2.41. The maximum absolute atomic E-state index is 12.9. The number of hydrogen-bond acceptors (Lipinski definition) is 10. The number of rotatable bonds is 6. The van der Waals surface area contributed by atoms with E-state index in [1.165, 1.54) is 0 Å². The molecule has 2 unspecified atom stereocenters. The molecule has 10 heterocycles. The van der Waals surface area contributed by atoms with Gasteiger partial charge in [0.05, 0.1) is 72.5 Å². The Morgan fingerprint density at radius 3 is 1.65 bits per heavy atom. The monoisotopic (exact) mass is 935 g/mol. The van der Waals surface area contributed by atoms with Crippen molar-refractivity contribution in [2.24, 2.45) is 28.2 Å². The van der Waals surface area contributed by atoms with Crippen molar-refractivity contribution < 1.29 is 20.5 Å². The highest BCUT2D eigenvalue weighted by Gasteiger charge is 2.37. The van der Waals surface area contributed by atoms with Gasteiger partial charge in [0.15, 0.2) is 0 Å². The van der Waals surface area contributed by atoms with E-state index in [0.717, 1.165) is 128 Å². The Morgan fingerprint density at radius 1 is 0.623 bits per heavy atom. The zero-order chi connectivity index (χ0) is 47.1. The van der Waals surface area contributed by atoms with Crippen LogP contribution in [0, 0.1) is 0 Å². The van der Waals surface area contributed by atoms with Crippen molar-refractivity contribution in [2.75, 3.05) is 40.5 Å². The molecule has 0 aliphatic carbocycles. The number of nitrogens with zero attached hydrogens (tertiary/aromatic N) is 14. The van der Waals surface area contributed by atoms with E-state index in [1.54, 1.807) is 14.3 Å². The van der Waals surface area contributed by atoms with Crippen molar-refractivity contribution in [1.29, 1.82) is 0 Å². The maximum atomic E-state index is 12.9. The normalized spacial score (nSPS) is 18.6. The summed E-state index contributed by atoms with van der Waals surface area (Å²) in [6.45, 7) is 7.74. The van der Waals surface area contributed by atoms with Gasteiger partial charge in [-0.05, 0) is 62.9 Å². The molecule has 0 N–H and O–H groups in total. The number of aryl methyl sites for hydroxylation is 4. The number of hydrogen-bond donors (Lipinski definition) is 0. The van der Waals surface area contributed by atoms with Crippen LogP contribution < -0.4 is 0 Å². The van der Waals surface area contributed by atoms with Gasteiger partial charge in [-0.2, -0.15) is 20.4 Å². The van der Waals surface area contributed by atoms with Crippen LogP contribution in [0.4, 0.5) is 0 Å². The lowest BCUT2D eigenvalue weighted by Crippen LogP contribution is -2.40. The minimum Gasteiger partial charge on any atom is -0.381 e. The first-order valence-corrected chi connectivity index (χ1v) is 23.3. The van der Waals surface area contributed by atoms with Gasteiger partial charge in [-0.3, -0.25) is 28.3 Å². The molecule has 6 aromatic heterocycles. The average Bonchev–Trinajstić information content (AvgIpc) is 4.23. The first kappa shape index (κ1) is 45.6. The van der Waals surface area contributed by atoms with Gasteiger partial charge in [0, 0.05) is 108 Å². The lowest BCUT2D eigenvalue weighted by Gasteiger charge is -2.32. The van der Waals surface area contributed by atoms with E-state index in [2.05, 4.69) is 61.8 Å². The Bertz CT molecular complexity index is 3320. The van der Waals surface area contributed by atoms with E-state index in [4.69, 9.17) is 29.6 Å². The summed E-state index contributed by atoms with van der Waals surface area (Å²) in [5, 5.41) is 20.3. The molecule has 2 amide bonds. The van der Waals surface area contributed by atoms with E-state index in [0.29, 0.717) is 32.2 Å². The number of carbonyl (C=O) groups is 2. The first-order chi connectivity index (χ1) is 32.8. The summed E-state index contributed by atoms with van der Waals surface area (Å²) in [5.74, 6) is 2.42. The van der Waals surface area contributed by atoms with Gasteiger partial charge in [0.2, 0.25) is 11.8 Å². The summed E-state index contributed by atoms with van der Waals surface area (Å²) in [4.78, 5) is 39.7. The molecule has 0 saturated carbocycles. The molecule has 12 rings (SSSR count). The highest BCUT2D eigenvalue weighted by molar-refractivity contribution is 5.97. The van der Waals surface area contributed by atoms with Crippen LogP contribution in [0.3, 0.4) is 0 Å². The molecule has 0 spiro atoms. The molecule has 1 saturated heterocycles. The maximum Gasteiger partial charge on any atom is 0.245 e. The van der Waals surface area contributed by atoms with Crippen molar-refractivity contribution in [3.05, 3.63) is 90.3 Å². The van der Waals surface area contributed by atoms with Crippen LogP contribution in [0.1, 0.15) is 83.0 Å². The molecular formula is C51H62N14O4. The number of fused-ring (bicyclic) bond motifs is 4. The van der Waals surface area contributed by atoms with Gasteiger partial charge in [-0.25, -0.2) is 9.97 Å². The Hall–Kier alpha value is -7.18. The standard InChI is InChI=1S/C25H29N7O2.C25H27N7O2.CH4.H2/c2*1-15-25(33)29(2)14-21-23(27-24(32(15)21)16-7-9-34-10-8-16)17-5-6-20-19(11-17)22(28-31(20)4)18-12-26-30(3)13-18;;/h5-6,11-13,15-16H,7-10,14H2,1-4H3;5-7,11-13,15H,8-10,14H2,1-4H3;1H4;1H. The van der Waals surface area contributed by atoms with E-state index < -0.39 is 0 Å². The summed E-state index contributed by atoms with van der Waals surface area (Å²) in [6, 6.07) is 12.2. The fraction of sp³-hybridized carbons (Fsp3) is 0.412. The summed E-state index contributed by atoms with van der Waals surface area (Å²) in [6.07, 6.45) is 12.4. The second kappa shape index (κ2) is 17.7. The second-order valence-corrected chi connectivity index (χ2v) is 18.6. The SMILES string of the molecule is C.CC1C(=O)N(C)Cc2c(-c3ccc4c(c3)c(-c3cnn(C)c3)nn4C)nc(C3=CCOCC3)n21.CC1C(=O)N(C)Cc2c(-c3ccc4c(c3)c(-c3cnn(C)c3)nn4C)nc(C3CCOCC3)n21.[HH]. The predicted molar refractivity (Wildman–Crippen MR) is 266 cm³/mol. The lowest BCUT2D eigenvalue weighted by molar-refractivity contribution is -0.136. The second-order valence-electron chi connectivity index (χ2n) is 18.6. The molecule has 4 aliphatic heterocycles. The fourth-order valence-electron chi connectivity index (χ4n) is 10.6. The molecule has 18 heteroatoms. The van der Waals surface area contributed by atoms with Crippen LogP contribution in [0.2, 0.25) is 0 Å². The Kier molecular flexibility index (Phi) is 11.7. The zero-order valence-corrected chi connectivity index (χ0v) is 39.8. The minimum absolute atomic E-state index is 0. The van der Waals surface area contributed by atoms with E-state index in [1.807, 2.05) is 95.2 Å². The molecule has 0 radical (unpaired) electrons. The molecule has 0 bridgehead atoms. The molecule has 8 aromatic rings. The van der Waals surface area contributed by atoms with Crippen molar-refractivity contribution >= 4 is 39.2 Å². The molecule has 4 aliphatic rings. The van der Waals surface area contributed by atoms with E-state index in [9.17, 15) is 9.59 Å². The van der Waals surface area contributed by atoms with Crippen molar-refractivity contribution in [3.8, 4) is 45.0 Å². The zero-order valence-electron chi connectivity index (χ0n) is 39.8. The van der Waals surface area contributed by atoms with Gasteiger partial charge in [-0.15, -0.1) is 0 Å². The number of aromatic nitrogens is 12. The Labute approximate surface area is 402 Å². The topological polar surface area (TPSA) is 166 Å². The number of ether oxygens (including phenoxy) is 2. The van der Waals surface area contributed by atoms with Gasteiger partial charge in [-0.1, -0.05) is 25.6 Å².